The second-order valence-corrected chi connectivity index (χ2v) is 8.17. The van der Waals surface area contributed by atoms with Crippen LogP contribution in [0.4, 0.5) is 4.39 Å². The Morgan fingerprint density at radius 1 is 1.29 bits per heavy atom. The van der Waals surface area contributed by atoms with Gasteiger partial charge in [0, 0.05) is 18.9 Å². The first-order valence-corrected chi connectivity index (χ1v) is 10.3. The van der Waals surface area contributed by atoms with E-state index in [1.54, 1.807) is 40.4 Å². The Morgan fingerprint density at radius 2 is 2.14 bits per heavy atom. The number of hydrogen-bond donors (Lipinski definition) is 1. The van der Waals surface area contributed by atoms with Crippen molar-refractivity contribution in [2.75, 3.05) is 0 Å². The number of thiophene rings is 1. The molecule has 3 aromatic heterocycles. The lowest BCUT2D eigenvalue weighted by Crippen LogP contribution is -2.22. The van der Waals surface area contributed by atoms with Crippen LogP contribution in [0.25, 0.3) is 15.6 Å². The number of aryl methyl sites for hydroxylation is 2. The largest absolute Gasteiger partial charge is 0.347 e. The molecule has 0 atom stereocenters. The minimum atomic E-state index is -0.359. The Balaban J connectivity index is 1.47. The maximum absolute atomic E-state index is 14.5. The highest BCUT2D eigenvalue weighted by Gasteiger charge is 2.17. The molecule has 0 aliphatic rings. The topological polar surface area (TPSA) is 59.8 Å². The van der Waals surface area contributed by atoms with Gasteiger partial charge in [0.05, 0.1) is 16.3 Å². The van der Waals surface area contributed by atoms with Crippen molar-refractivity contribution < 1.29 is 9.18 Å². The van der Waals surface area contributed by atoms with E-state index in [0.29, 0.717) is 27.6 Å². The lowest BCUT2D eigenvalue weighted by molar-refractivity contribution is 0.0954. The van der Waals surface area contributed by atoms with Gasteiger partial charge in [-0.15, -0.1) is 22.7 Å². The van der Waals surface area contributed by atoms with E-state index < -0.39 is 0 Å². The molecule has 1 amide bonds. The first-order valence-electron chi connectivity index (χ1n) is 8.61. The number of hydrogen-bond acceptors (Lipinski definition) is 5. The van der Waals surface area contributed by atoms with Gasteiger partial charge in [-0.3, -0.25) is 4.79 Å². The molecule has 0 aliphatic carbocycles. The fourth-order valence-electron chi connectivity index (χ4n) is 2.86. The molecule has 8 heteroatoms. The van der Waals surface area contributed by atoms with Crippen molar-refractivity contribution in [2.24, 2.45) is 0 Å². The van der Waals surface area contributed by atoms with Crippen LogP contribution in [0.15, 0.2) is 48.1 Å². The molecular formula is C20H17FN4OS2. The number of carbonyl (C=O) groups excluding carboxylic acids is 1. The number of halogens is 1. The summed E-state index contributed by atoms with van der Waals surface area (Å²) in [6.07, 6.45) is 3.34. The van der Waals surface area contributed by atoms with E-state index in [-0.39, 0.29) is 18.3 Å². The number of amides is 1. The smallest absolute Gasteiger partial charge is 0.263 e. The lowest BCUT2D eigenvalue weighted by atomic mass is 10.2. The molecule has 0 radical (unpaired) electrons. The molecule has 142 valence electrons. The summed E-state index contributed by atoms with van der Waals surface area (Å²) in [5, 5.41) is 5.67. The van der Waals surface area contributed by atoms with Crippen molar-refractivity contribution in [3.05, 3.63) is 75.9 Å². The first-order chi connectivity index (χ1) is 13.5. The third-order valence-electron chi connectivity index (χ3n) is 4.29. The number of carbonyl (C=O) groups is 1. The molecule has 4 aromatic rings. The van der Waals surface area contributed by atoms with Crippen molar-refractivity contribution in [3.8, 4) is 15.6 Å². The molecule has 0 aliphatic heterocycles. The van der Waals surface area contributed by atoms with Gasteiger partial charge < -0.3 is 9.88 Å². The Kier molecular flexibility index (Phi) is 5.06. The molecule has 0 spiro atoms. The van der Waals surface area contributed by atoms with Gasteiger partial charge in [-0.1, -0.05) is 12.1 Å². The van der Waals surface area contributed by atoms with Crippen LogP contribution in [0, 0.1) is 19.7 Å². The van der Waals surface area contributed by atoms with Gasteiger partial charge in [-0.2, -0.15) is 0 Å². The molecular weight excluding hydrogens is 395 g/mol. The monoisotopic (exact) mass is 412 g/mol. The lowest BCUT2D eigenvalue weighted by Gasteiger charge is -2.09. The quantitative estimate of drug-likeness (QED) is 0.515. The van der Waals surface area contributed by atoms with Gasteiger partial charge in [0.2, 0.25) is 0 Å². The predicted octanol–water partition coefficient (Wildman–Crippen LogP) is 4.74. The van der Waals surface area contributed by atoms with E-state index >= 15 is 0 Å². The molecule has 0 bridgehead atoms. The highest BCUT2D eigenvalue weighted by atomic mass is 32.1. The molecule has 5 nitrogen and oxygen atoms in total. The zero-order valence-corrected chi connectivity index (χ0v) is 16.9. The summed E-state index contributed by atoms with van der Waals surface area (Å²) in [6.45, 7) is 3.88. The van der Waals surface area contributed by atoms with E-state index in [4.69, 9.17) is 0 Å². The second-order valence-electron chi connectivity index (χ2n) is 6.22. The third kappa shape index (κ3) is 3.61. The van der Waals surface area contributed by atoms with Crippen molar-refractivity contribution in [1.29, 1.82) is 0 Å². The molecule has 0 saturated heterocycles. The number of rotatable bonds is 5. The highest BCUT2D eigenvalue weighted by Crippen LogP contribution is 2.31. The molecule has 0 fully saturated rings. The molecule has 4 rings (SSSR count). The van der Waals surface area contributed by atoms with Gasteiger partial charge in [0.25, 0.3) is 5.91 Å². The number of benzene rings is 1. The Labute approximate surface area is 169 Å². The van der Waals surface area contributed by atoms with Crippen LogP contribution >= 0.6 is 22.7 Å². The molecule has 0 unspecified atom stereocenters. The number of aromatic nitrogens is 3. The second kappa shape index (κ2) is 7.65. The van der Waals surface area contributed by atoms with Crippen LogP contribution < -0.4 is 5.32 Å². The van der Waals surface area contributed by atoms with Gasteiger partial charge in [-0.25, -0.2) is 14.4 Å². The molecule has 3 heterocycles. The highest BCUT2D eigenvalue weighted by molar-refractivity contribution is 7.22. The zero-order valence-electron chi connectivity index (χ0n) is 15.3. The van der Waals surface area contributed by atoms with Crippen molar-refractivity contribution >= 4 is 28.6 Å². The number of nitrogens with one attached hydrogen (secondary N) is 1. The van der Waals surface area contributed by atoms with Crippen molar-refractivity contribution in [1.82, 2.24) is 19.9 Å². The van der Waals surface area contributed by atoms with Crippen LogP contribution in [-0.4, -0.2) is 20.4 Å². The van der Waals surface area contributed by atoms with E-state index in [1.807, 2.05) is 31.4 Å². The Bertz CT molecular complexity index is 1130. The predicted molar refractivity (Wildman–Crippen MR) is 110 cm³/mol. The molecule has 1 aromatic carbocycles. The van der Waals surface area contributed by atoms with Crippen LogP contribution in [0.3, 0.4) is 0 Å². The number of thiazole rings is 1. The minimum absolute atomic E-state index is 0.201. The summed E-state index contributed by atoms with van der Waals surface area (Å²) in [4.78, 5) is 22.8. The van der Waals surface area contributed by atoms with Crippen LogP contribution in [0.1, 0.15) is 26.8 Å². The minimum Gasteiger partial charge on any atom is -0.347 e. The summed E-state index contributed by atoms with van der Waals surface area (Å²) >= 11 is 2.96. The van der Waals surface area contributed by atoms with Crippen molar-refractivity contribution in [2.45, 2.75) is 20.4 Å². The van der Waals surface area contributed by atoms with E-state index in [2.05, 4.69) is 15.3 Å². The summed E-state index contributed by atoms with van der Waals surface area (Å²) in [6, 6.07) is 8.87. The normalized spacial score (nSPS) is 11.0. The van der Waals surface area contributed by atoms with Gasteiger partial charge in [-0.05, 0) is 43.0 Å². The summed E-state index contributed by atoms with van der Waals surface area (Å²) in [7, 11) is 0. The number of imidazole rings is 1. The van der Waals surface area contributed by atoms with Crippen LogP contribution in [0.2, 0.25) is 0 Å². The Hall–Kier alpha value is -2.84. The maximum Gasteiger partial charge on any atom is 0.263 e. The standard InChI is InChI=1S/C20H17FN4OS2/c1-12-18(28-20(24-12)17-4-3-9-27-17)19(26)23-11-14-5-6-16(15(21)10-14)25-8-7-22-13(25)2/h3-10H,11H2,1-2H3,(H,23,26). The summed E-state index contributed by atoms with van der Waals surface area (Å²) < 4.78 is 16.2. The van der Waals surface area contributed by atoms with Gasteiger partial charge >= 0.3 is 0 Å². The van der Waals surface area contributed by atoms with Crippen LogP contribution in [0.5, 0.6) is 0 Å². The SMILES string of the molecule is Cc1nc(-c2cccs2)sc1C(=O)NCc1ccc(-n2ccnc2C)c(F)c1. The van der Waals surface area contributed by atoms with Gasteiger partial charge in [0.1, 0.15) is 21.5 Å². The summed E-state index contributed by atoms with van der Waals surface area (Å²) in [5.41, 5.74) is 1.82. The molecule has 1 N–H and O–H groups in total. The van der Waals surface area contributed by atoms with E-state index in [9.17, 15) is 9.18 Å². The molecule has 0 saturated carbocycles. The first kappa shape index (κ1) is 18.5. The molecule has 28 heavy (non-hydrogen) atoms. The summed E-state index contributed by atoms with van der Waals surface area (Å²) in [5.74, 6) is 0.150. The van der Waals surface area contributed by atoms with E-state index in [0.717, 1.165) is 9.88 Å². The van der Waals surface area contributed by atoms with Crippen molar-refractivity contribution in [3.63, 3.8) is 0 Å². The van der Waals surface area contributed by atoms with Gasteiger partial charge in [0.15, 0.2) is 0 Å². The number of nitrogens with zero attached hydrogens (tertiary/aromatic N) is 3. The van der Waals surface area contributed by atoms with E-state index in [1.165, 1.54) is 17.4 Å². The fraction of sp³-hybridized carbons (Fsp3) is 0.150. The van der Waals surface area contributed by atoms with Crippen LogP contribution in [-0.2, 0) is 6.54 Å². The Morgan fingerprint density at radius 3 is 2.82 bits per heavy atom. The average molecular weight is 413 g/mol. The average Bonchev–Trinajstić information content (AvgIpc) is 3.41. The zero-order chi connectivity index (χ0) is 19.7. The fourth-order valence-corrected chi connectivity index (χ4v) is 4.64. The third-order valence-corrected chi connectivity index (χ3v) is 6.48. The maximum atomic E-state index is 14.5.